The Morgan fingerprint density at radius 3 is 2.82 bits per heavy atom. The van der Waals surface area contributed by atoms with E-state index in [1.54, 1.807) is 0 Å². The van der Waals surface area contributed by atoms with Gasteiger partial charge in [-0.25, -0.2) is 10.4 Å². The number of nitrogens with one attached hydrogen (secondary N) is 1. The Labute approximate surface area is 138 Å². The second-order valence-corrected chi connectivity index (χ2v) is 6.30. The SMILES string of the molecule is C#CCOC(CN1CN(C(C)C)CN1)c1ccc(C)cc1Cl. The van der Waals surface area contributed by atoms with Crippen LogP contribution in [0.1, 0.15) is 31.1 Å². The lowest BCUT2D eigenvalue weighted by Gasteiger charge is -2.25. The molecule has 0 bridgehead atoms. The van der Waals surface area contributed by atoms with Gasteiger partial charge in [-0.05, 0) is 32.4 Å². The number of benzene rings is 1. The Bertz CT molecular complexity index is 541. The molecule has 1 aliphatic rings. The molecule has 2 rings (SSSR count). The number of hydrogen-bond acceptors (Lipinski definition) is 4. The minimum atomic E-state index is -0.149. The lowest BCUT2D eigenvalue weighted by atomic mass is 10.1. The Morgan fingerprint density at radius 2 is 2.23 bits per heavy atom. The number of nitrogens with zero attached hydrogens (tertiary/aromatic N) is 2. The molecule has 0 amide bonds. The van der Waals surface area contributed by atoms with Crippen molar-refractivity contribution in [2.24, 2.45) is 0 Å². The first-order chi connectivity index (χ1) is 10.5. The van der Waals surface area contributed by atoms with E-state index in [2.05, 4.69) is 35.1 Å². The summed E-state index contributed by atoms with van der Waals surface area (Å²) in [5.74, 6) is 2.54. The van der Waals surface area contributed by atoms with Gasteiger partial charge in [-0.2, -0.15) is 0 Å². The van der Waals surface area contributed by atoms with Crippen molar-refractivity contribution in [3.8, 4) is 12.3 Å². The van der Waals surface area contributed by atoms with E-state index in [1.807, 2.05) is 25.1 Å². The summed E-state index contributed by atoms with van der Waals surface area (Å²) in [5, 5.41) is 2.87. The number of halogens is 1. The third kappa shape index (κ3) is 4.45. The molecule has 1 saturated heterocycles. The first kappa shape index (κ1) is 17.3. The van der Waals surface area contributed by atoms with Crippen molar-refractivity contribution < 1.29 is 4.74 Å². The summed E-state index contributed by atoms with van der Waals surface area (Å²) in [6.07, 6.45) is 5.19. The summed E-state index contributed by atoms with van der Waals surface area (Å²) in [5.41, 5.74) is 5.49. The van der Waals surface area contributed by atoms with E-state index in [4.69, 9.17) is 22.8 Å². The Hall–Kier alpha value is -1.09. The molecule has 1 unspecified atom stereocenters. The predicted molar refractivity (Wildman–Crippen MR) is 90.3 cm³/mol. The van der Waals surface area contributed by atoms with Crippen molar-refractivity contribution in [3.05, 3.63) is 34.3 Å². The third-order valence-corrected chi connectivity index (χ3v) is 4.16. The van der Waals surface area contributed by atoms with Gasteiger partial charge in [0.05, 0.1) is 19.4 Å². The van der Waals surface area contributed by atoms with Gasteiger partial charge in [-0.3, -0.25) is 4.90 Å². The second-order valence-electron chi connectivity index (χ2n) is 5.89. The maximum Gasteiger partial charge on any atom is 0.108 e. The number of aryl methyl sites for hydroxylation is 1. The highest BCUT2D eigenvalue weighted by Gasteiger charge is 2.25. The lowest BCUT2D eigenvalue weighted by Crippen LogP contribution is -2.36. The molecule has 1 heterocycles. The number of ether oxygens (including phenoxy) is 1. The van der Waals surface area contributed by atoms with Crippen LogP contribution in [0.15, 0.2) is 18.2 Å². The fraction of sp³-hybridized carbons (Fsp3) is 0.529. The van der Waals surface area contributed by atoms with Crippen LogP contribution in [0.4, 0.5) is 0 Å². The molecule has 0 radical (unpaired) electrons. The number of rotatable bonds is 6. The molecule has 1 aromatic carbocycles. The average Bonchev–Trinajstić information content (AvgIpc) is 2.92. The molecule has 1 aliphatic heterocycles. The minimum absolute atomic E-state index is 0.149. The standard InChI is InChI=1S/C17H24ClN3O/c1-5-8-22-17(15-7-6-14(4)9-16(15)18)10-21-12-20(11-19-21)13(2)3/h1,6-7,9,13,17,19H,8,10-12H2,2-4H3. The van der Waals surface area contributed by atoms with E-state index in [1.165, 1.54) is 0 Å². The largest absolute Gasteiger partial charge is 0.359 e. The predicted octanol–water partition coefficient (Wildman–Crippen LogP) is 2.78. The van der Waals surface area contributed by atoms with E-state index in [0.717, 1.165) is 29.5 Å². The van der Waals surface area contributed by atoms with E-state index >= 15 is 0 Å². The molecule has 0 aromatic heterocycles. The fourth-order valence-electron chi connectivity index (χ4n) is 2.46. The van der Waals surface area contributed by atoms with Crippen molar-refractivity contribution >= 4 is 11.6 Å². The number of hydrazine groups is 1. The van der Waals surface area contributed by atoms with Crippen molar-refractivity contribution in [3.63, 3.8) is 0 Å². The zero-order chi connectivity index (χ0) is 16.1. The van der Waals surface area contributed by atoms with Gasteiger partial charge in [0.2, 0.25) is 0 Å². The van der Waals surface area contributed by atoms with Crippen molar-refractivity contribution in [1.29, 1.82) is 0 Å². The summed E-state index contributed by atoms with van der Waals surface area (Å²) >= 11 is 6.39. The summed E-state index contributed by atoms with van der Waals surface area (Å²) in [6, 6.07) is 6.53. The Morgan fingerprint density at radius 1 is 1.45 bits per heavy atom. The van der Waals surface area contributed by atoms with Crippen LogP contribution in [0.2, 0.25) is 5.02 Å². The number of terminal acetylenes is 1. The van der Waals surface area contributed by atoms with Crippen molar-refractivity contribution in [2.45, 2.75) is 32.9 Å². The van der Waals surface area contributed by atoms with E-state index < -0.39 is 0 Å². The molecular formula is C17H24ClN3O. The van der Waals surface area contributed by atoms with Gasteiger partial charge in [0, 0.05) is 23.2 Å². The average molecular weight is 322 g/mol. The summed E-state index contributed by atoms with van der Waals surface area (Å²) in [7, 11) is 0. The van der Waals surface area contributed by atoms with Crippen LogP contribution in [-0.2, 0) is 4.74 Å². The van der Waals surface area contributed by atoms with Crippen LogP contribution < -0.4 is 5.43 Å². The van der Waals surface area contributed by atoms with Crippen LogP contribution in [0, 0.1) is 19.3 Å². The van der Waals surface area contributed by atoms with Crippen LogP contribution in [0.5, 0.6) is 0 Å². The van der Waals surface area contributed by atoms with Gasteiger partial charge in [-0.15, -0.1) is 6.42 Å². The van der Waals surface area contributed by atoms with Crippen LogP contribution >= 0.6 is 11.6 Å². The van der Waals surface area contributed by atoms with Crippen LogP contribution in [0.3, 0.4) is 0 Å². The first-order valence-electron chi connectivity index (χ1n) is 7.55. The third-order valence-electron chi connectivity index (χ3n) is 3.84. The minimum Gasteiger partial charge on any atom is -0.359 e. The molecule has 22 heavy (non-hydrogen) atoms. The van der Waals surface area contributed by atoms with Crippen LogP contribution in [0.25, 0.3) is 0 Å². The molecule has 1 atom stereocenters. The van der Waals surface area contributed by atoms with E-state index in [9.17, 15) is 0 Å². The highest BCUT2D eigenvalue weighted by atomic mass is 35.5. The molecule has 1 aromatic rings. The summed E-state index contributed by atoms with van der Waals surface area (Å²) in [6.45, 7) is 9.08. The van der Waals surface area contributed by atoms with E-state index in [0.29, 0.717) is 12.6 Å². The summed E-state index contributed by atoms with van der Waals surface area (Å²) in [4.78, 5) is 2.34. The molecule has 1 fully saturated rings. The van der Waals surface area contributed by atoms with Gasteiger partial charge in [0.15, 0.2) is 0 Å². The Kier molecular flexibility index (Phi) is 6.25. The van der Waals surface area contributed by atoms with E-state index in [-0.39, 0.29) is 12.7 Å². The molecule has 0 spiro atoms. The zero-order valence-corrected chi connectivity index (χ0v) is 14.2. The zero-order valence-electron chi connectivity index (χ0n) is 13.5. The molecule has 120 valence electrons. The molecule has 0 aliphatic carbocycles. The molecular weight excluding hydrogens is 298 g/mol. The van der Waals surface area contributed by atoms with Gasteiger partial charge in [0.1, 0.15) is 6.61 Å². The quantitative estimate of drug-likeness (QED) is 0.815. The topological polar surface area (TPSA) is 27.7 Å². The monoisotopic (exact) mass is 321 g/mol. The van der Waals surface area contributed by atoms with Gasteiger partial charge in [0.25, 0.3) is 0 Å². The van der Waals surface area contributed by atoms with Crippen molar-refractivity contribution in [2.75, 3.05) is 26.5 Å². The Balaban J connectivity index is 2.08. The molecule has 0 saturated carbocycles. The van der Waals surface area contributed by atoms with Gasteiger partial charge in [-0.1, -0.05) is 29.7 Å². The maximum atomic E-state index is 6.39. The lowest BCUT2D eigenvalue weighted by molar-refractivity contribution is 0.0343. The molecule has 5 heteroatoms. The highest BCUT2D eigenvalue weighted by molar-refractivity contribution is 6.31. The molecule has 1 N–H and O–H groups in total. The smallest absolute Gasteiger partial charge is 0.108 e. The second kappa shape index (κ2) is 7.96. The maximum absolute atomic E-state index is 6.39. The highest BCUT2D eigenvalue weighted by Crippen LogP contribution is 2.27. The van der Waals surface area contributed by atoms with Gasteiger partial charge >= 0.3 is 0 Å². The first-order valence-corrected chi connectivity index (χ1v) is 7.92. The van der Waals surface area contributed by atoms with Crippen LogP contribution in [-0.4, -0.2) is 42.4 Å². The fourth-order valence-corrected chi connectivity index (χ4v) is 2.82. The molecule has 4 nitrogen and oxygen atoms in total. The van der Waals surface area contributed by atoms with Crippen molar-refractivity contribution in [1.82, 2.24) is 15.3 Å². The number of hydrogen-bond donors (Lipinski definition) is 1. The summed E-state index contributed by atoms with van der Waals surface area (Å²) < 4.78 is 5.83. The van der Waals surface area contributed by atoms with Gasteiger partial charge < -0.3 is 4.74 Å². The normalized spacial score (nSPS) is 17.8.